The number of carbonyl (C=O) groups is 2. The highest BCUT2D eigenvalue weighted by atomic mass is 32.1. The van der Waals surface area contributed by atoms with E-state index in [2.05, 4.69) is 10.6 Å². The van der Waals surface area contributed by atoms with Crippen LogP contribution in [0.3, 0.4) is 0 Å². The maximum Gasteiger partial charge on any atom is 0.261 e. The number of hydrogen-bond donors (Lipinski definition) is 3. The quantitative estimate of drug-likeness (QED) is 0.660. The molecule has 0 atom stereocenters. The van der Waals surface area contributed by atoms with Crippen molar-refractivity contribution in [3.8, 4) is 0 Å². The van der Waals surface area contributed by atoms with E-state index in [1.54, 1.807) is 6.07 Å². The average Bonchev–Trinajstić information content (AvgIpc) is 2.92. The minimum Gasteiger partial charge on any atom is -0.393 e. The van der Waals surface area contributed by atoms with Gasteiger partial charge >= 0.3 is 0 Å². The number of thiophene rings is 1. The lowest BCUT2D eigenvalue weighted by Crippen LogP contribution is -2.38. The number of aliphatic hydroxyl groups excluding tert-OH is 1. The topological polar surface area (TPSA) is 78.4 Å². The van der Waals surface area contributed by atoms with Gasteiger partial charge in [0.2, 0.25) is 5.91 Å². The van der Waals surface area contributed by atoms with Crippen LogP contribution in [0.4, 0.5) is 0 Å². The fourth-order valence-electron chi connectivity index (χ4n) is 2.16. The molecule has 110 valence electrons. The third-order valence-corrected chi connectivity index (χ3v) is 4.28. The molecule has 1 heterocycles. The van der Waals surface area contributed by atoms with Crippen molar-refractivity contribution < 1.29 is 14.7 Å². The molecule has 3 N–H and O–H groups in total. The van der Waals surface area contributed by atoms with Crippen LogP contribution >= 0.6 is 11.3 Å². The zero-order chi connectivity index (χ0) is 14.4. The molecule has 1 saturated carbocycles. The molecule has 6 heteroatoms. The highest BCUT2D eigenvalue weighted by molar-refractivity contribution is 7.12. The zero-order valence-electron chi connectivity index (χ0n) is 11.3. The van der Waals surface area contributed by atoms with Crippen molar-refractivity contribution in [1.29, 1.82) is 0 Å². The summed E-state index contributed by atoms with van der Waals surface area (Å²) in [5.74, 6) is 0.355. The van der Waals surface area contributed by atoms with E-state index >= 15 is 0 Å². The summed E-state index contributed by atoms with van der Waals surface area (Å²) in [6, 6.07) is 3.62. The van der Waals surface area contributed by atoms with E-state index in [4.69, 9.17) is 5.11 Å². The Morgan fingerprint density at radius 2 is 2.15 bits per heavy atom. The molecule has 0 bridgehead atoms. The van der Waals surface area contributed by atoms with Crippen molar-refractivity contribution in [1.82, 2.24) is 10.6 Å². The third-order valence-electron chi connectivity index (χ3n) is 3.41. The average molecular weight is 296 g/mol. The SMILES string of the molecule is O=C(CCCNC(=O)c1cccs1)NCC1CC(O)C1. The van der Waals surface area contributed by atoms with Crippen molar-refractivity contribution in [3.63, 3.8) is 0 Å². The molecule has 20 heavy (non-hydrogen) atoms. The van der Waals surface area contributed by atoms with Crippen LogP contribution in [0.15, 0.2) is 17.5 Å². The van der Waals surface area contributed by atoms with Crippen LogP contribution in [-0.2, 0) is 4.79 Å². The standard InChI is InChI=1S/C14H20N2O3S/c17-11-7-10(8-11)9-16-13(18)4-1-5-15-14(19)12-3-2-6-20-12/h2-3,6,10-11,17H,1,4-5,7-9H2,(H,15,19)(H,16,18). The second-order valence-electron chi connectivity index (χ2n) is 5.13. The van der Waals surface area contributed by atoms with Gasteiger partial charge in [-0.25, -0.2) is 0 Å². The molecule has 1 fully saturated rings. The van der Waals surface area contributed by atoms with Crippen LogP contribution in [0.2, 0.25) is 0 Å². The molecule has 0 aromatic carbocycles. The lowest BCUT2D eigenvalue weighted by atomic mass is 9.82. The van der Waals surface area contributed by atoms with Crippen LogP contribution in [0.5, 0.6) is 0 Å². The summed E-state index contributed by atoms with van der Waals surface area (Å²) in [6.45, 7) is 1.16. The highest BCUT2D eigenvalue weighted by Gasteiger charge is 2.26. The maximum atomic E-state index is 11.6. The summed E-state index contributed by atoms with van der Waals surface area (Å²) in [5.41, 5.74) is 0. The Morgan fingerprint density at radius 3 is 2.80 bits per heavy atom. The van der Waals surface area contributed by atoms with Gasteiger partial charge in [-0.05, 0) is 36.6 Å². The normalized spacial score (nSPS) is 21.1. The second-order valence-corrected chi connectivity index (χ2v) is 6.08. The van der Waals surface area contributed by atoms with Crippen LogP contribution in [0.25, 0.3) is 0 Å². The molecule has 1 aromatic rings. The van der Waals surface area contributed by atoms with Gasteiger partial charge in [0, 0.05) is 19.5 Å². The maximum absolute atomic E-state index is 11.6. The molecular weight excluding hydrogens is 276 g/mol. The van der Waals surface area contributed by atoms with E-state index in [-0.39, 0.29) is 17.9 Å². The van der Waals surface area contributed by atoms with E-state index < -0.39 is 0 Å². The lowest BCUT2D eigenvalue weighted by molar-refractivity contribution is -0.121. The predicted molar refractivity (Wildman–Crippen MR) is 77.6 cm³/mol. The summed E-state index contributed by atoms with van der Waals surface area (Å²) in [6.07, 6.45) is 2.45. The van der Waals surface area contributed by atoms with Gasteiger partial charge in [-0.15, -0.1) is 11.3 Å². The van der Waals surface area contributed by atoms with Crippen LogP contribution in [0.1, 0.15) is 35.4 Å². The molecule has 2 rings (SSSR count). The summed E-state index contributed by atoms with van der Waals surface area (Å²) >= 11 is 1.40. The van der Waals surface area contributed by atoms with Crippen LogP contribution < -0.4 is 10.6 Å². The number of hydrogen-bond acceptors (Lipinski definition) is 4. The van der Waals surface area contributed by atoms with Crippen LogP contribution in [0, 0.1) is 5.92 Å². The van der Waals surface area contributed by atoms with Gasteiger partial charge in [-0.2, -0.15) is 0 Å². The summed E-state index contributed by atoms with van der Waals surface area (Å²) in [5, 5.41) is 16.6. The van der Waals surface area contributed by atoms with Gasteiger partial charge < -0.3 is 15.7 Å². The van der Waals surface area contributed by atoms with Gasteiger partial charge in [-0.1, -0.05) is 6.07 Å². The Balaban J connectivity index is 1.50. The molecule has 0 aliphatic heterocycles. The molecule has 5 nitrogen and oxygen atoms in total. The first kappa shape index (κ1) is 15.0. The molecule has 0 radical (unpaired) electrons. The van der Waals surface area contributed by atoms with Gasteiger partial charge in [0.25, 0.3) is 5.91 Å². The number of carbonyl (C=O) groups excluding carboxylic acids is 2. The van der Waals surface area contributed by atoms with Crippen molar-refractivity contribution >= 4 is 23.2 Å². The van der Waals surface area contributed by atoms with Crippen molar-refractivity contribution in [2.24, 2.45) is 5.92 Å². The lowest BCUT2D eigenvalue weighted by Gasteiger charge is -2.31. The Kier molecular flexibility index (Phi) is 5.55. The number of amides is 2. The number of rotatable bonds is 7. The molecule has 0 saturated heterocycles. The van der Waals surface area contributed by atoms with Gasteiger partial charge in [0.1, 0.15) is 0 Å². The molecule has 1 aliphatic carbocycles. The summed E-state index contributed by atoms with van der Waals surface area (Å²) in [7, 11) is 0. The molecule has 0 spiro atoms. The van der Waals surface area contributed by atoms with Gasteiger partial charge in [-0.3, -0.25) is 9.59 Å². The van der Waals surface area contributed by atoms with E-state index in [1.165, 1.54) is 11.3 Å². The molecule has 0 unspecified atom stereocenters. The highest BCUT2D eigenvalue weighted by Crippen LogP contribution is 2.26. The smallest absolute Gasteiger partial charge is 0.261 e. The first-order valence-corrected chi connectivity index (χ1v) is 7.79. The minimum absolute atomic E-state index is 0.0109. The van der Waals surface area contributed by atoms with E-state index in [9.17, 15) is 9.59 Å². The Labute approximate surface area is 122 Å². The first-order valence-electron chi connectivity index (χ1n) is 6.91. The van der Waals surface area contributed by atoms with E-state index in [0.29, 0.717) is 36.7 Å². The fourth-order valence-corrected chi connectivity index (χ4v) is 2.80. The molecule has 1 aliphatic rings. The van der Waals surface area contributed by atoms with Gasteiger partial charge in [0.15, 0.2) is 0 Å². The largest absolute Gasteiger partial charge is 0.393 e. The minimum atomic E-state index is -0.177. The second kappa shape index (κ2) is 7.40. The monoisotopic (exact) mass is 296 g/mol. The fraction of sp³-hybridized carbons (Fsp3) is 0.571. The Hall–Kier alpha value is -1.40. The molecule has 1 aromatic heterocycles. The molecular formula is C14H20N2O3S. The Bertz CT molecular complexity index is 441. The summed E-state index contributed by atoms with van der Waals surface area (Å²) < 4.78 is 0. The number of nitrogens with one attached hydrogen (secondary N) is 2. The number of aliphatic hydroxyl groups is 1. The van der Waals surface area contributed by atoms with E-state index in [0.717, 1.165) is 12.8 Å². The van der Waals surface area contributed by atoms with Crippen molar-refractivity contribution in [2.75, 3.05) is 13.1 Å². The summed E-state index contributed by atoms with van der Waals surface area (Å²) in [4.78, 5) is 23.9. The zero-order valence-corrected chi connectivity index (χ0v) is 12.1. The van der Waals surface area contributed by atoms with Crippen molar-refractivity contribution in [3.05, 3.63) is 22.4 Å². The predicted octanol–water partition coefficient (Wildman–Crippen LogP) is 1.15. The Morgan fingerprint density at radius 1 is 1.35 bits per heavy atom. The first-order chi connectivity index (χ1) is 9.65. The van der Waals surface area contributed by atoms with Crippen LogP contribution in [-0.4, -0.2) is 36.1 Å². The van der Waals surface area contributed by atoms with Gasteiger partial charge in [0.05, 0.1) is 11.0 Å². The van der Waals surface area contributed by atoms with Crippen molar-refractivity contribution in [2.45, 2.75) is 31.8 Å². The molecule has 2 amide bonds. The van der Waals surface area contributed by atoms with E-state index in [1.807, 2.05) is 11.4 Å². The third kappa shape index (κ3) is 4.61.